The van der Waals surface area contributed by atoms with Crippen molar-refractivity contribution in [3.05, 3.63) is 0 Å². The Morgan fingerprint density at radius 1 is 1.18 bits per heavy atom. The van der Waals surface area contributed by atoms with Crippen molar-refractivity contribution < 1.29 is 9.31 Å². The van der Waals surface area contributed by atoms with Gasteiger partial charge in [0, 0.05) is 18.6 Å². The largest absolute Gasteiger partial charge is 0.453 e. The fraction of sp³-hybridized carbons (Fsp3) is 1.00. The molecule has 1 fully saturated rings. The summed E-state index contributed by atoms with van der Waals surface area (Å²) in [6, 6.07) is 0. The fourth-order valence-corrected chi connectivity index (χ4v) is 1.34. The predicted octanol–water partition coefficient (Wildman–Crippen LogP) is 1.96. The maximum absolute atomic E-state index is 5.45. The van der Waals surface area contributed by atoms with E-state index in [9.17, 15) is 0 Å². The Kier molecular flexibility index (Phi) is 2.96. The van der Waals surface area contributed by atoms with Crippen molar-refractivity contribution >= 4 is 7.12 Å². The minimum atomic E-state index is 0.00113. The molecular weight excluding hydrogens is 139 g/mol. The SMILES string of the molecule is CCC1(CC)COB(C)OC1. The van der Waals surface area contributed by atoms with E-state index in [1.807, 2.05) is 6.82 Å². The third kappa shape index (κ3) is 1.97. The normalized spacial score (nSPS) is 23.7. The van der Waals surface area contributed by atoms with E-state index in [1.165, 1.54) is 0 Å². The molecule has 0 N–H and O–H groups in total. The van der Waals surface area contributed by atoms with Crippen molar-refractivity contribution in [2.24, 2.45) is 5.41 Å². The van der Waals surface area contributed by atoms with Gasteiger partial charge in [-0.15, -0.1) is 0 Å². The maximum Gasteiger partial charge on any atom is 0.453 e. The second-order valence-electron chi connectivity index (χ2n) is 3.40. The van der Waals surface area contributed by atoms with Crippen LogP contribution in [0.5, 0.6) is 0 Å². The molecule has 0 radical (unpaired) electrons. The molecule has 3 heteroatoms. The first kappa shape index (κ1) is 9.08. The first-order chi connectivity index (χ1) is 5.22. The van der Waals surface area contributed by atoms with Gasteiger partial charge in [-0.3, -0.25) is 0 Å². The van der Waals surface area contributed by atoms with Crippen LogP contribution in [0.3, 0.4) is 0 Å². The molecule has 0 bridgehead atoms. The highest BCUT2D eigenvalue weighted by atomic mass is 16.6. The van der Waals surface area contributed by atoms with Crippen LogP contribution in [-0.4, -0.2) is 20.3 Å². The van der Waals surface area contributed by atoms with Crippen LogP contribution in [0.25, 0.3) is 0 Å². The highest BCUT2D eigenvalue weighted by molar-refractivity contribution is 6.42. The van der Waals surface area contributed by atoms with Crippen molar-refractivity contribution in [3.8, 4) is 0 Å². The zero-order valence-corrected chi connectivity index (χ0v) is 7.72. The van der Waals surface area contributed by atoms with Crippen LogP contribution >= 0.6 is 0 Å². The van der Waals surface area contributed by atoms with Crippen LogP contribution in [0.4, 0.5) is 0 Å². The number of hydrogen-bond acceptors (Lipinski definition) is 2. The average Bonchev–Trinajstić information content (AvgIpc) is 2.07. The highest BCUT2D eigenvalue weighted by Crippen LogP contribution is 2.30. The topological polar surface area (TPSA) is 18.5 Å². The van der Waals surface area contributed by atoms with Gasteiger partial charge < -0.3 is 9.31 Å². The summed E-state index contributed by atoms with van der Waals surface area (Å²) in [4.78, 5) is 0. The van der Waals surface area contributed by atoms with Crippen LogP contribution in [0, 0.1) is 5.41 Å². The van der Waals surface area contributed by atoms with E-state index in [-0.39, 0.29) is 7.12 Å². The van der Waals surface area contributed by atoms with Crippen LogP contribution in [0.15, 0.2) is 0 Å². The molecule has 64 valence electrons. The fourth-order valence-electron chi connectivity index (χ4n) is 1.34. The molecule has 0 aromatic carbocycles. The molecule has 0 atom stereocenters. The van der Waals surface area contributed by atoms with Crippen molar-refractivity contribution in [2.75, 3.05) is 13.2 Å². The Bertz CT molecular complexity index is 113. The summed E-state index contributed by atoms with van der Waals surface area (Å²) in [5.74, 6) is 0. The molecule has 1 aliphatic rings. The highest BCUT2D eigenvalue weighted by Gasteiger charge is 2.33. The Morgan fingerprint density at radius 3 is 2.00 bits per heavy atom. The smallest absolute Gasteiger partial charge is 0.411 e. The molecule has 1 rings (SSSR count). The second kappa shape index (κ2) is 3.59. The molecule has 2 nitrogen and oxygen atoms in total. The molecule has 11 heavy (non-hydrogen) atoms. The minimum Gasteiger partial charge on any atom is -0.411 e. The summed E-state index contributed by atoms with van der Waals surface area (Å²) in [6.07, 6.45) is 2.30. The molecular formula is C8H17BO2. The molecule has 1 saturated heterocycles. The van der Waals surface area contributed by atoms with Gasteiger partial charge in [-0.2, -0.15) is 0 Å². The summed E-state index contributed by atoms with van der Waals surface area (Å²) < 4.78 is 10.9. The van der Waals surface area contributed by atoms with Crippen molar-refractivity contribution in [2.45, 2.75) is 33.5 Å². The average molecular weight is 156 g/mol. The van der Waals surface area contributed by atoms with Crippen LogP contribution in [0.1, 0.15) is 26.7 Å². The van der Waals surface area contributed by atoms with Crippen molar-refractivity contribution in [1.29, 1.82) is 0 Å². The molecule has 1 heterocycles. The second-order valence-corrected chi connectivity index (χ2v) is 3.40. The van der Waals surface area contributed by atoms with E-state index < -0.39 is 0 Å². The van der Waals surface area contributed by atoms with E-state index in [2.05, 4.69) is 13.8 Å². The van der Waals surface area contributed by atoms with E-state index in [0.717, 1.165) is 26.1 Å². The van der Waals surface area contributed by atoms with Gasteiger partial charge in [0.25, 0.3) is 0 Å². The van der Waals surface area contributed by atoms with Gasteiger partial charge >= 0.3 is 7.12 Å². The zero-order chi connectivity index (χ0) is 8.32. The molecule has 0 aromatic rings. The first-order valence-electron chi connectivity index (χ1n) is 4.45. The van der Waals surface area contributed by atoms with Crippen LogP contribution in [0.2, 0.25) is 6.82 Å². The first-order valence-corrected chi connectivity index (χ1v) is 4.45. The summed E-state index contributed by atoms with van der Waals surface area (Å²) in [5, 5.41) is 0. The minimum absolute atomic E-state index is 0.00113. The molecule has 0 aromatic heterocycles. The molecule has 0 amide bonds. The van der Waals surface area contributed by atoms with Crippen LogP contribution < -0.4 is 0 Å². The van der Waals surface area contributed by atoms with E-state index >= 15 is 0 Å². The maximum atomic E-state index is 5.45. The zero-order valence-electron chi connectivity index (χ0n) is 7.72. The number of rotatable bonds is 2. The lowest BCUT2D eigenvalue weighted by Gasteiger charge is -2.37. The van der Waals surface area contributed by atoms with Gasteiger partial charge in [0.15, 0.2) is 0 Å². The third-order valence-corrected chi connectivity index (χ3v) is 2.75. The Hall–Kier alpha value is -0.0151. The van der Waals surface area contributed by atoms with Gasteiger partial charge in [-0.25, -0.2) is 0 Å². The van der Waals surface area contributed by atoms with E-state index in [1.54, 1.807) is 0 Å². The number of hydrogen-bond donors (Lipinski definition) is 0. The lowest BCUT2D eigenvalue weighted by Crippen LogP contribution is -2.42. The molecule has 0 saturated carbocycles. The van der Waals surface area contributed by atoms with Gasteiger partial charge in [0.05, 0.1) is 0 Å². The predicted molar refractivity (Wildman–Crippen MR) is 46.5 cm³/mol. The summed E-state index contributed by atoms with van der Waals surface area (Å²) >= 11 is 0. The molecule has 0 spiro atoms. The summed E-state index contributed by atoms with van der Waals surface area (Å²) in [6.45, 7) is 8.08. The van der Waals surface area contributed by atoms with Crippen molar-refractivity contribution in [3.63, 3.8) is 0 Å². The van der Waals surface area contributed by atoms with E-state index in [4.69, 9.17) is 9.31 Å². The van der Waals surface area contributed by atoms with Crippen LogP contribution in [-0.2, 0) is 9.31 Å². The van der Waals surface area contributed by atoms with Gasteiger partial charge in [0.1, 0.15) is 0 Å². The Labute approximate surface area is 69.4 Å². The third-order valence-electron chi connectivity index (χ3n) is 2.75. The lowest BCUT2D eigenvalue weighted by atomic mass is 9.80. The van der Waals surface area contributed by atoms with Gasteiger partial charge in [-0.1, -0.05) is 13.8 Å². The standard InChI is InChI=1S/C8H17BO2/c1-4-8(5-2)6-10-9(3)11-7-8/h4-7H2,1-3H3. The van der Waals surface area contributed by atoms with Gasteiger partial charge in [-0.05, 0) is 19.7 Å². The summed E-state index contributed by atoms with van der Waals surface area (Å²) in [5.41, 5.74) is 0.298. The molecule has 0 unspecified atom stereocenters. The summed E-state index contributed by atoms with van der Waals surface area (Å²) in [7, 11) is 0.00113. The van der Waals surface area contributed by atoms with Crippen molar-refractivity contribution in [1.82, 2.24) is 0 Å². The van der Waals surface area contributed by atoms with Gasteiger partial charge in [0.2, 0.25) is 0 Å². The quantitative estimate of drug-likeness (QED) is 0.569. The molecule has 1 aliphatic heterocycles. The monoisotopic (exact) mass is 156 g/mol. The lowest BCUT2D eigenvalue weighted by molar-refractivity contribution is 0.00159. The Balaban J connectivity index is 2.45. The van der Waals surface area contributed by atoms with E-state index in [0.29, 0.717) is 5.41 Å². The molecule has 0 aliphatic carbocycles. The Morgan fingerprint density at radius 2 is 1.64 bits per heavy atom.